The number of rotatable bonds is 4. The first kappa shape index (κ1) is 12.5. The third-order valence-electron chi connectivity index (χ3n) is 1.92. The number of aliphatic carboxylic acids is 1. The van der Waals surface area contributed by atoms with E-state index in [1.165, 1.54) is 26.4 Å². The van der Waals surface area contributed by atoms with Crippen molar-refractivity contribution in [1.82, 2.24) is 0 Å². The van der Waals surface area contributed by atoms with Crippen LogP contribution >= 0.6 is 15.9 Å². The van der Waals surface area contributed by atoms with E-state index in [1.807, 2.05) is 0 Å². The summed E-state index contributed by atoms with van der Waals surface area (Å²) in [7, 11) is 2.80. The van der Waals surface area contributed by atoms with Crippen LogP contribution in [0.2, 0.25) is 0 Å². The SMILES string of the molecule is COc1ccc(C(=O)C(=O)O)c(OC)c1Br. The lowest BCUT2D eigenvalue weighted by Crippen LogP contribution is -2.14. The van der Waals surface area contributed by atoms with Crippen molar-refractivity contribution in [3.63, 3.8) is 0 Å². The molecule has 1 N–H and O–H groups in total. The second-order valence-corrected chi connectivity index (χ2v) is 3.59. The molecule has 0 unspecified atom stereocenters. The maximum atomic E-state index is 11.3. The minimum atomic E-state index is -1.53. The molecule has 0 amide bonds. The maximum Gasteiger partial charge on any atom is 0.377 e. The van der Waals surface area contributed by atoms with Gasteiger partial charge in [-0.3, -0.25) is 4.79 Å². The van der Waals surface area contributed by atoms with Gasteiger partial charge in [-0.2, -0.15) is 0 Å². The van der Waals surface area contributed by atoms with Crippen LogP contribution in [0.3, 0.4) is 0 Å². The summed E-state index contributed by atoms with van der Waals surface area (Å²) in [4.78, 5) is 21.9. The number of methoxy groups -OCH3 is 2. The molecule has 16 heavy (non-hydrogen) atoms. The summed E-state index contributed by atoms with van der Waals surface area (Å²) in [5.41, 5.74) is -0.0253. The van der Waals surface area contributed by atoms with E-state index in [0.29, 0.717) is 10.2 Å². The normalized spacial score (nSPS) is 9.69. The van der Waals surface area contributed by atoms with Crippen molar-refractivity contribution in [2.45, 2.75) is 0 Å². The molecular formula is C10H9BrO5. The Bertz CT molecular complexity index is 441. The van der Waals surface area contributed by atoms with Gasteiger partial charge in [-0.1, -0.05) is 0 Å². The summed E-state index contributed by atoms with van der Waals surface area (Å²) in [6.07, 6.45) is 0. The standard InChI is InChI=1S/C10H9BrO5/c1-15-6-4-3-5(8(12)10(13)14)9(16-2)7(6)11/h3-4H,1-2H3,(H,13,14). The van der Waals surface area contributed by atoms with Gasteiger partial charge in [0.1, 0.15) is 16.0 Å². The van der Waals surface area contributed by atoms with Crippen LogP contribution in [0.5, 0.6) is 11.5 Å². The number of hydrogen-bond acceptors (Lipinski definition) is 4. The van der Waals surface area contributed by atoms with E-state index in [-0.39, 0.29) is 11.3 Å². The van der Waals surface area contributed by atoms with E-state index in [2.05, 4.69) is 15.9 Å². The average Bonchev–Trinajstić information content (AvgIpc) is 2.27. The van der Waals surface area contributed by atoms with Crippen LogP contribution in [0.15, 0.2) is 16.6 Å². The maximum absolute atomic E-state index is 11.3. The molecule has 0 aliphatic carbocycles. The largest absolute Gasteiger partial charge is 0.495 e. The molecule has 0 saturated carbocycles. The number of hydrogen-bond donors (Lipinski definition) is 1. The lowest BCUT2D eigenvalue weighted by molar-refractivity contribution is -0.131. The summed E-state index contributed by atoms with van der Waals surface area (Å²) in [6, 6.07) is 2.83. The average molecular weight is 289 g/mol. The number of carbonyl (C=O) groups is 2. The van der Waals surface area contributed by atoms with Crippen LogP contribution in [0.25, 0.3) is 0 Å². The van der Waals surface area contributed by atoms with Crippen LogP contribution in [0, 0.1) is 0 Å². The van der Waals surface area contributed by atoms with E-state index in [0.717, 1.165) is 0 Å². The first-order valence-electron chi connectivity index (χ1n) is 4.21. The predicted octanol–water partition coefficient (Wildman–Crippen LogP) is 1.73. The minimum Gasteiger partial charge on any atom is -0.495 e. The van der Waals surface area contributed by atoms with Gasteiger partial charge < -0.3 is 14.6 Å². The molecule has 5 nitrogen and oxygen atoms in total. The predicted molar refractivity (Wildman–Crippen MR) is 59.2 cm³/mol. The molecule has 6 heteroatoms. The summed E-state index contributed by atoms with van der Waals surface area (Å²) < 4.78 is 10.4. The summed E-state index contributed by atoms with van der Waals surface area (Å²) in [5.74, 6) is -1.96. The number of ketones is 1. The fraction of sp³-hybridized carbons (Fsp3) is 0.200. The third kappa shape index (κ3) is 2.16. The minimum absolute atomic E-state index is 0.0253. The Hall–Kier alpha value is -1.56. The van der Waals surface area contributed by atoms with E-state index in [4.69, 9.17) is 14.6 Å². The lowest BCUT2D eigenvalue weighted by atomic mass is 10.1. The zero-order chi connectivity index (χ0) is 12.3. The Morgan fingerprint density at radius 1 is 1.25 bits per heavy atom. The summed E-state index contributed by atoms with van der Waals surface area (Å²) in [6.45, 7) is 0. The molecule has 1 aromatic rings. The highest BCUT2D eigenvalue weighted by atomic mass is 79.9. The molecular weight excluding hydrogens is 280 g/mol. The Morgan fingerprint density at radius 2 is 1.88 bits per heavy atom. The van der Waals surface area contributed by atoms with Crippen LogP contribution in [-0.2, 0) is 4.79 Å². The smallest absolute Gasteiger partial charge is 0.377 e. The van der Waals surface area contributed by atoms with Gasteiger partial charge in [0.05, 0.1) is 19.8 Å². The van der Waals surface area contributed by atoms with E-state index < -0.39 is 11.8 Å². The molecule has 0 heterocycles. The highest BCUT2D eigenvalue weighted by Gasteiger charge is 2.22. The molecule has 0 aliphatic rings. The van der Waals surface area contributed by atoms with Gasteiger partial charge in [-0.15, -0.1) is 0 Å². The van der Waals surface area contributed by atoms with Crippen LogP contribution < -0.4 is 9.47 Å². The van der Waals surface area contributed by atoms with Crippen LogP contribution in [-0.4, -0.2) is 31.1 Å². The molecule has 0 bridgehead atoms. The van der Waals surface area contributed by atoms with Crippen molar-refractivity contribution in [2.75, 3.05) is 14.2 Å². The molecule has 86 valence electrons. The number of halogens is 1. The van der Waals surface area contributed by atoms with Crippen molar-refractivity contribution in [3.8, 4) is 11.5 Å². The Labute approximate surface area is 100 Å². The van der Waals surface area contributed by atoms with Crippen LogP contribution in [0.1, 0.15) is 10.4 Å². The Balaban J connectivity index is 3.37. The second-order valence-electron chi connectivity index (χ2n) is 2.80. The van der Waals surface area contributed by atoms with E-state index in [9.17, 15) is 9.59 Å². The number of ether oxygens (including phenoxy) is 2. The zero-order valence-electron chi connectivity index (χ0n) is 8.61. The Morgan fingerprint density at radius 3 is 2.31 bits per heavy atom. The summed E-state index contributed by atoms with van der Waals surface area (Å²) in [5, 5.41) is 8.62. The van der Waals surface area contributed by atoms with Crippen molar-refractivity contribution >= 4 is 27.7 Å². The van der Waals surface area contributed by atoms with Crippen molar-refractivity contribution in [3.05, 3.63) is 22.2 Å². The van der Waals surface area contributed by atoms with Gasteiger partial charge in [-0.05, 0) is 28.1 Å². The van der Waals surface area contributed by atoms with Crippen molar-refractivity contribution in [2.24, 2.45) is 0 Å². The molecule has 0 spiro atoms. The van der Waals surface area contributed by atoms with E-state index >= 15 is 0 Å². The fourth-order valence-electron chi connectivity index (χ4n) is 1.19. The monoisotopic (exact) mass is 288 g/mol. The molecule has 0 atom stereocenters. The summed E-state index contributed by atoms with van der Waals surface area (Å²) >= 11 is 3.17. The molecule has 1 rings (SSSR count). The quantitative estimate of drug-likeness (QED) is 0.675. The molecule has 0 saturated heterocycles. The topological polar surface area (TPSA) is 72.8 Å². The van der Waals surface area contributed by atoms with Gasteiger partial charge in [0.2, 0.25) is 0 Å². The second kappa shape index (κ2) is 4.98. The number of Topliss-reactive ketones (excluding diaryl/α,β-unsaturated/α-hetero) is 1. The zero-order valence-corrected chi connectivity index (χ0v) is 10.2. The Kier molecular flexibility index (Phi) is 3.89. The van der Waals surface area contributed by atoms with Gasteiger partial charge in [-0.25, -0.2) is 4.79 Å². The lowest BCUT2D eigenvalue weighted by Gasteiger charge is -2.11. The fourth-order valence-corrected chi connectivity index (χ4v) is 1.86. The van der Waals surface area contributed by atoms with Crippen molar-refractivity contribution < 1.29 is 24.2 Å². The first-order valence-corrected chi connectivity index (χ1v) is 5.00. The van der Waals surface area contributed by atoms with Gasteiger partial charge in [0.25, 0.3) is 5.78 Å². The highest BCUT2D eigenvalue weighted by Crippen LogP contribution is 2.37. The molecule has 0 aromatic heterocycles. The first-order chi connectivity index (χ1) is 7.52. The number of benzene rings is 1. The van der Waals surface area contributed by atoms with Gasteiger partial charge in [0.15, 0.2) is 0 Å². The molecule has 0 radical (unpaired) electrons. The third-order valence-corrected chi connectivity index (χ3v) is 2.68. The van der Waals surface area contributed by atoms with Crippen LogP contribution in [0.4, 0.5) is 0 Å². The molecule has 1 aromatic carbocycles. The number of carboxylic acids is 1. The van der Waals surface area contributed by atoms with Gasteiger partial charge >= 0.3 is 5.97 Å². The van der Waals surface area contributed by atoms with E-state index in [1.54, 1.807) is 0 Å². The molecule has 0 fully saturated rings. The number of carbonyl (C=O) groups excluding carboxylic acids is 1. The van der Waals surface area contributed by atoms with Gasteiger partial charge in [0, 0.05) is 0 Å². The number of carboxylic acid groups (broad SMARTS) is 1. The molecule has 0 aliphatic heterocycles. The van der Waals surface area contributed by atoms with Crippen molar-refractivity contribution in [1.29, 1.82) is 0 Å². The highest BCUT2D eigenvalue weighted by molar-refractivity contribution is 9.10.